The number of piperidine rings is 2. The van der Waals surface area contributed by atoms with E-state index in [1.807, 2.05) is 17.0 Å². The Labute approximate surface area is 339 Å². The average molecular weight is 812 g/mol. The summed E-state index contributed by atoms with van der Waals surface area (Å²) in [6.45, 7) is 5.06. The first kappa shape index (κ1) is 39.2. The van der Waals surface area contributed by atoms with Gasteiger partial charge < -0.3 is 19.9 Å². The van der Waals surface area contributed by atoms with Crippen molar-refractivity contribution >= 4 is 52.6 Å². The third-order valence-electron chi connectivity index (χ3n) is 11.9. The van der Waals surface area contributed by atoms with Crippen LogP contribution in [-0.4, -0.2) is 114 Å². The molecule has 302 valence electrons. The summed E-state index contributed by atoms with van der Waals surface area (Å²) in [5, 5.41) is 23.4. The van der Waals surface area contributed by atoms with Gasteiger partial charge in [-0.3, -0.25) is 39.1 Å². The number of hydrogen-bond acceptors (Lipinski definition) is 12. The lowest BCUT2D eigenvalue weighted by Gasteiger charge is -2.39. The van der Waals surface area contributed by atoms with Gasteiger partial charge in [0, 0.05) is 64.3 Å². The van der Waals surface area contributed by atoms with Gasteiger partial charge in [0.1, 0.15) is 23.7 Å². The molecule has 4 fully saturated rings. The topological polar surface area (TPSA) is 181 Å². The van der Waals surface area contributed by atoms with Gasteiger partial charge >= 0.3 is 0 Å². The fraction of sp³-hybridized carbons (Fsp3) is 0.463. The van der Waals surface area contributed by atoms with E-state index in [1.165, 1.54) is 6.07 Å². The molecule has 15 nitrogen and oxygen atoms in total. The molecule has 4 aliphatic heterocycles. The van der Waals surface area contributed by atoms with Crippen molar-refractivity contribution in [2.75, 3.05) is 55.6 Å². The SMILES string of the molecule is N#Cc1ccc(OC2CCC(NC(=O)c3ccc(N4CCC(CN5CCN(c6cc7c(cc6F)C(=O)N([C@H]6CCC(=O)NC6=O)C7=O)CC5)CC4)nn3)CC2)cc1Cl. The summed E-state index contributed by atoms with van der Waals surface area (Å²) in [4.78, 5) is 70.7. The second-order valence-corrected chi connectivity index (χ2v) is 16.0. The van der Waals surface area contributed by atoms with E-state index in [9.17, 15) is 24.0 Å². The summed E-state index contributed by atoms with van der Waals surface area (Å²) < 4.78 is 21.5. The van der Waals surface area contributed by atoms with Crippen molar-refractivity contribution in [3.8, 4) is 11.8 Å². The molecule has 3 aromatic rings. The van der Waals surface area contributed by atoms with E-state index < -0.39 is 35.5 Å². The van der Waals surface area contributed by atoms with Gasteiger partial charge in [-0.2, -0.15) is 5.26 Å². The number of imide groups is 2. The number of benzene rings is 2. The van der Waals surface area contributed by atoms with Gasteiger partial charge in [0.05, 0.1) is 33.5 Å². The molecule has 1 aromatic heterocycles. The summed E-state index contributed by atoms with van der Waals surface area (Å²) in [6, 6.07) is 12.1. The standard InChI is InChI=1S/C41H43ClFN9O6/c42-31-19-28(4-1-25(31)22-44)58-27-5-2-26(3-6-27)45-38(54)33-7-9-36(48-47-33)51-13-11-24(12-14-51)23-49-15-17-50(18-16-49)35-21-30-29(20-32(35)43)40(56)52(41(30)57)34-8-10-37(53)46-39(34)55/h1,4,7,9,19-21,24,26-27,34H,2-3,5-6,8,10-18,23H2,(H,45,54)(H,46,53,55)/t26?,27?,34-/m0/s1. The van der Waals surface area contributed by atoms with Crippen molar-refractivity contribution in [3.05, 3.63) is 75.7 Å². The number of piperazine rings is 1. The molecular formula is C41H43ClFN9O6. The third-order valence-corrected chi connectivity index (χ3v) is 12.2. The lowest BCUT2D eigenvalue weighted by Crippen LogP contribution is -2.54. The number of rotatable bonds is 9. The van der Waals surface area contributed by atoms with Gasteiger partial charge in [-0.25, -0.2) is 4.39 Å². The second kappa shape index (κ2) is 16.7. The van der Waals surface area contributed by atoms with Gasteiger partial charge in [0.25, 0.3) is 17.7 Å². The normalized spacial score (nSPS) is 23.1. The number of halogens is 2. The van der Waals surface area contributed by atoms with E-state index in [0.717, 1.165) is 74.9 Å². The number of ether oxygens (including phenoxy) is 1. The number of nitriles is 1. The number of amides is 5. The van der Waals surface area contributed by atoms with Crippen LogP contribution in [0.5, 0.6) is 5.75 Å². The lowest BCUT2D eigenvalue weighted by molar-refractivity contribution is -0.136. The van der Waals surface area contributed by atoms with E-state index in [0.29, 0.717) is 48.4 Å². The van der Waals surface area contributed by atoms with Gasteiger partial charge in [-0.1, -0.05) is 11.6 Å². The molecular weight excluding hydrogens is 769 g/mol. The smallest absolute Gasteiger partial charge is 0.272 e. The van der Waals surface area contributed by atoms with Gasteiger partial charge in [0.2, 0.25) is 11.8 Å². The van der Waals surface area contributed by atoms with Crippen LogP contribution in [0.15, 0.2) is 42.5 Å². The van der Waals surface area contributed by atoms with E-state index in [1.54, 1.807) is 24.3 Å². The molecule has 1 saturated carbocycles. The summed E-state index contributed by atoms with van der Waals surface area (Å²) in [5.41, 5.74) is 0.931. The summed E-state index contributed by atoms with van der Waals surface area (Å²) >= 11 is 6.14. The average Bonchev–Trinajstić information content (AvgIpc) is 3.46. The summed E-state index contributed by atoms with van der Waals surface area (Å²) in [7, 11) is 0. The van der Waals surface area contributed by atoms with Crippen LogP contribution < -0.4 is 25.2 Å². The Balaban J connectivity index is 0.764. The van der Waals surface area contributed by atoms with Crippen molar-refractivity contribution in [2.24, 2.45) is 5.92 Å². The zero-order chi connectivity index (χ0) is 40.5. The second-order valence-electron chi connectivity index (χ2n) is 15.6. The number of carbonyl (C=O) groups excluding carboxylic acids is 5. The summed E-state index contributed by atoms with van der Waals surface area (Å²) in [6.07, 6.45) is 5.07. The van der Waals surface area contributed by atoms with Crippen LogP contribution in [0.4, 0.5) is 15.9 Å². The maximum absolute atomic E-state index is 15.4. The Morgan fingerprint density at radius 1 is 0.879 bits per heavy atom. The van der Waals surface area contributed by atoms with Crippen LogP contribution in [0.2, 0.25) is 5.02 Å². The van der Waals surface area contributed by atoms with E-state index in [2.05, 4.69) is 30.6 Å². The van der Waals surface area contributed by atoms with Crippen LogP contribution in [0.1, 0.15) is 88.1 Å². The minimum atomic E-state index is -1.10. The molecule has 17 heteroatoms. The number of fused-ring (bicyclic) bond motifs is 1. The first-order valence-corrected chi connectivity index (χ1v) is 20.2. The lowest BCUT2D eigenvalue weighted by atomic mass is 9.93. The number of nitrogens with zero attached hydrogens (tertiary/aromatic N) is 7. The minimum Gasteiger partial charge on any atom is -0.490 e. The highest BCUT2D eigenvalue weighted by atomic mass is 35.5. The van der Waals surface area contributed by atoms with Crippen molar-refractivity contribution in [1.29, 1.82) is 5.26 Å². The Hall–Kier alpha value is -5.66. The molecule has 1 atom stereocenters. The highest BCUT2D eigenvalue weighted by molar-refractivity contribution is 6.31. The van der Waals surface area contributed by atoms with Crippen molar-refractivity contribution < 1.29 is 33.1 Å². The molecule has 0 radical (unpaired) electrons. The molecule has 0 spiro atoms. The largest absolute Gasteiger partial charge is 0.490 e. The maximum Gasteiger partial charge on any atom is 0.272 e. The van der Waals surface area contributed by atoms with Crippen LogP contribution in [0.25, 0.3) is 0 Å². The zero-order valence-electron chi connectivity index (χ0n) is 31.8. The quantitative estimate of drug-likeness (QED) is 0.300. The van der Waals surface area contributed by atoms with Gasteiger partial charge in [-0.05, 0) is 87.3 Å². The Morgan fingerprint density at radius 3 is 2.26 bits per heavy atom. The third kappa shape index (κ3) is 8.19. The van der Waals surface area contributed by atoms with Crippen LogP contribution in [0, 0.1) is 23.1 Å². The predicted octanol–water partition coefficient (Wildman–Crippen LogP) is 3.70. The first-order chi connectivity index (χ1) is 28.0. The Kier molecular flexibility index (Phi) is 11.3. The highest BCUT2D eigenvalue weighted by Crippen LogP contribution is 2.34. The molecule has 5 aliphatic rings. The predicted molar refractivity (Wildman–Crippen MR) is 209 cm³/mol. The first-order valence-electron chi connectivity index (χ1n) is 19.8. The molecule has 2 N–H and O–H groups in total. The summed E-state index contributed by atoms with van der Waals surface area (Å²) in [5.74, 6) is -1.55. The molecule has 1 aliphatic carbocycles. The van der Waals surface area contributed by atoms with Crippen molar-refractivity contribution in [2.45, 2.75) is 69.6 Å². The Bertz CT molecular complexity index is 2160. The van der Waals surface area contributed by atoms with Crippen molar-refractivity contribution in [1.82, 2.24) is 30.6 Å². The molecule has 8 rings (SSSR count). The number of aromatic nitrogens is 2. The minimum absolute atomic E-state index is 0.00529. The van der Waals surface area contributed by atoms with Gasteiger partial charge in [0.15, 0.2) is 11.5 Å². The molecule has 58 heavy (non-hydrogen) atoms. The number of carbonyl (C=O) groups is 5. The highest BCUT2D eigenvalue weighted by Gasteiger charge is 2.45. The fourth-order valence-corrected chi connectivity index (χ4v) is 8.87. The molecule has 5 heterocycles. The van der Waals surface area contributed by atoms with E-state index >= 15 is 4.39 Å². The van der Waals surface area contributed by atoms with E-state index in [-0.39, 0.29) is 53.4 Å². The van der Waals surface area contributed by atoms with Crippen LogP contribution in [-0.2, 0) is 9.59 Å². The number of hydrogen-bond donors (Lipinski definition) is 2. The molecule has 3 saturated heterocycles. The van der Waals surface area contributed by atoms with E-state index in [4.69, 9.17) is 21.6 Å². The Morgan fingerprint density at radius 2 is 1.60 bits per heavy atom. The van der Waals surface area contributed by atoms with Crippen molar-refractivity contribution in [3.63, 3.8) is 0 Å². The molecule has 0 bridgehead atoms. The zero-order valence-corrected chi connectivity index (χ0v) is 32.5. The van der Waals surface area contributed by atoms with Crippen LogP contribution >= 0.6 is 11.6 Å². The molecule has 2 aromatic carbocycles. The monoisotopic (exact) mass is 811 g/mol. The maximum atomic E-state index is 15.4. The number of nitrogens with one attached hydrogen (secondary N) is 2. The fourth-order valence-electron chi connectivity index (χ4n) is 8.65. The molecule has 5 amide bonds. The van der Waals surface area contributed by atoms with Crippen LogP contribution in [0.3, 0.4) is 0 Å². The van der Waals surface area contributed by atoms with Gasteiger partial charge in [-0.15, -0.1) is 10.2 Å². The molecule has 0 unspecified atom stereocenters. The number of anilines is 2.